The van der Waals surface area contributed by atoms with Gasteiger partial charge in [-0.3, -0.25) is 9.05 Å². The molecule has 0 bridgehead atoms. The molecule has 19 heavy (non-hydrogen) atoms. The van der Waals surface area contributed by atoms with Crippen molar-refractivity contribution in [3.63, 3.8) is 0 Å². The summed E-state index contributed by atoms with van der Waals surface area (Å²) in [6.45, 7) is 5.79. The highest BCUT2D eigenvalue weighted by Crippen LogP contribution is 2.49. The quantitative estimate of drug-likeness (QED) is 0.606. The second-order valence-electron chi connectivity index (χ2n) is 4.00. The average molecular weight is 322 g/mol. The lowest BCUT2D eigenvalue weighted by atomic mass is 10.2. The van der Waals surface area contributed by atoms with Crippen molar-refractivity contribution in [2.75, 3.05) is 13.2 Å². The largest absolute Gasteiger partial charge is 0.408 e. The molecule has 0 saturated carbocycles. The van der Waals surface area contributed by atoms with Gasteiger partial charge in [0.25, 0.3) is 0 Å². The van der Waals surface area contributed by atoms with Crippen molar-refractivity contribution in [2.24, 2.45) is 0 Å². The summed E-state index contributed by atoms with van der Waals surface area (Å²) in [6.07, 6.45) is 0. The molecule has 1 aromatic rings. The van der Waals surface area contributed by atoms with E-state index in [2.05, 4.69) is 9.97 Å². The van der Waals surface area contributed by atoms with Crippen LogP contribution < -0.4 is 4.52 Å². The van der Waals surface area contributed by atoms with Gasteiger partial charge in [-0.05, 0) is 13.8 Å². The van der Waals surface area contributed by atoms with Crippen LogP contribution in [0.5, 0.6) is 5.88 Å². The maximum atomic E-state index is 5.67. The van der Waals surface area contributed by atoms with Crippen LogP contribution in [0.3, 0.4) is 0 Å². The molecule has 1 rings (SSSR count). The predicted molar refractivity (Wildman–Crippen MR) is 81.7 cm³/mol. The third kappa shape index (κ3) is 5.28. The van der Waals surface area contributed by atoms with Gasteiger partial charge < -0.3 is 9.51 Å². The zero-order valence-corrected chi connectivity index (χ0v) is 14.0. The number of rotatable bonds is 7. The smallest absolute Gasteiger partial charge is 0.381 e. The van der Waals surface area contributed by atoms with Crippen LogP contribution >= 0.6 is 18.9 Å². The standard InChI is InChI=1S/C11H19N2O3PS2/c1-5-14-17(19,15-6-2)16-9-7-10(18)13-11(12-9)8(3)4/h7-8H,5-6H2,1-4H3,(H,12,13,18). The van der Waals surface area contributed by atoms with Crippen LogP contribution in [0.2, 0.25) is 0 Å². The van der Waals surface area contributed by atoms with Crippen molar-refractivity contribution in [2.45, 2.75) is 33.6 Å². The van der Waals surface area contributed by atoms with Gasteiger partial charge in [0.05, 0.1) is 13.2 Å². The molecule has 8 heteroatoms. The number of aromatic nitrogens is 2. The Labute approximate surface area is 124 Å². The zero-order valence-electron chi connectivity index (χ0n) is 11.5. The summed E-state index contributed by atoms with van der Waals surface area (Å²) in [5, 5.41) is 0. The van der Waals surface area contributed by atoms with E-state index in [1.165, 1.54) is 0 Å². The summed E-state index contributed by atoms with van der Waals surface area (Å²) in [6, 6.07) is 1.61. The molecule has 1 aromatic heterocycles. The Balaban J connectivity index is 3.03. The van der Waals surface area contributed by atoms with Gasteiger partial charge >= 0.3 is 6.72 Å². The van der Waals surface area contributed by atoms with Gasteiger partial charge in [0.1, 0.15) is 10.5 Å². The first kappa shape index (κ1) is 16.7. The van der Waals surface area contributed by atoms with E-state index < -0.39 is 6.72 Å². The Morgan fingerprint density at radius 2 is 1.89 bits per heavy atom. The van der Waals surface area contributed by atoms with Gasteiger partial charge in [-0.2, -0.15) is 0 Å². The number of hydrogen-bond acceptors (Lipinski definition) is 6. The van der Waals surface area contributed by atoms with Crippen molar-refractivity contribution in [1.82, 2.24) is 9.97 Å². The van der Waals surface area contributed by atoms with Gasteiger partial charge in [0.15, 0.2) is 0 Å². The lowest BCUT2D eigenvalue weighted by Crippen LogP contribution is -2.05. The lowest BCUT2D eigenvalue weighted by molar-refractivity contribution is 0.215. The molecule has 0 atom stereocenters. The van der Waals surface area contributed by atoms with Crippen LogP contribution in [0.25, 0.3) is 0 Å². The number of hydrogen-bond donors (Lipinski definition) is 1. The molecule has 0 saturated heterocycles. The molecule has 1 heterocycles. The third-order valence-electron chi connectivity index (χ3n) is 2.07. The van der Waals surface area contributed by atoms with Crippen LogP contribution in [-0.4, -0.2) is 23.2 Å². The van der Waals surface area contributed by atoms with E-state index in [1.54, 1.807) is 6.07 Å². The third-order valence-corrected chi connectivity index (χ3v) is 4.70. The molecule has 1 N–H and O–H groups in total. The topological polar surface area (TPSA) is 56.4 Å². The Morgan fingerprint density at radius 3 is 2.37 bits per heavy atom. The summed E-state index contributed by atoms with van der Waals surface area (Å²) in [5.74, 6) is 1.40. The minimum Gasteiger partial charge on any atom is -0.408 e. The van der Waals surface area contributed by atoms with Gasteiger partial charge in [0, 0.05) is 23.8 Å². The van der Waals surface area contributed by atoms with E-state index in [0.29, 0.717) is 23.7 Å². The molecule has 5 nitrogen and oxygen atoms in total. The van der Waals surface area contributed by atoms with Crippen molar-refractivity contribution in [3.8, 4) is 5.88 Å². The molecule has 0 aliphatic rings. The van der Waals surface area contributed by atoms with Crippen LogP contribution in [0, 0.1) is 4.64 Å². The van der Waals surface area contributed by atoms with Crippen molar-refractivity contribution in [1.29, 1.82) is 0 Å². The highest BCUT2D eigenvalue weighted by atomic mass is 32.5. The normalized spacial score (nSPS) is 11.8. The van der Waals surface area contributed by atoms with Crippen LogP contribution in [0.4, 0.5) is 0 Å². The minimum atomic E-state index is -2.78. The van der Waals surface area contributed by atoms with E-state index in [0.717, 1.165) is 5.82 Å². The Morgan fingerprint density at radius 1 is 1.32 bits per heavy atom. The molecular weight excluding hydrogens is 303 g/mol. The number of aromatic amines is 1. The number of H-pyrrole nitrogens is 1. The number of nitrogens with one attached hydrogen (secondary N) is 1. The Kier molecular flexibility index (Phi) is 6.56. The van der Waals surface area contributed by atoms with E-state index in [4.69, 9.17) is 37.6 Å². The molecule has 0 aliphatic heterocycles. The average Bonchev–Trinajstić information content (AvgIpc) is 2.28. The van der Waals surface area contributed by atoms with E-state index in [1.807, 2.05) is 27.7 Å². The first-order chi connectivity index (χ1) is 8.90. The highest BCUT2D eigenvalue weighted by molar-refractivity contribution is 8.07. The molecule has 108 valence electrons. The van der Waals surface area contributed by atoms with E-state index in [-0.39, 0.29) is 5.92 Å². The highest BCUT2D eigenvalue weighted by Gasteiger charge is 2.22. The van der Waals surface area contributed by atoms with Gasteiger partial charge in [0.2, 0.25) is 5.88 Å². The maximum absolute atomic E-state index is 5.67. The van der Waals surface area contributed by atoms with Crippen molar-refractivity contribution in [3.05, 3.63) is 16.5 Å². The van der Waals surface area contributed by atoms with E-state index in [9.17, 15) is 0 Å². The lowest BCUT2D eigenvalue weighted by Gasteiger charge is -2.21. The molecular formula is C11H19N2O3PS2. The van der Waals surface area contributed by atoms with Crippen LogP contribution in [-0.2, 0) is 20.9 Å². The van der Waals surface area contributed by atoms with Gasteiger partial charge in [-0.25, -0.2) is 4.98 Å². The monoisotopic (exact) mass is 322 g/mol. The minimum absolute atomic E-state index is 0.210. The van der Waals surface area contributed by atoms with Gasteiger partial charge in [-0.1, -0.05) is 26.1 Å². The molecule has 0 aliphatic carbocycles. The fourth-order valence-corrected chi connectivity index (χ4v) is 3.53. The maximum Gasteiger partial charge on any atom is 0.381 e. The molecule has 0 amide bonds. The fourth-order valence-electron chi connectivity index (χ4n) is 1.30. The zero-order chi connectivity index (χ0) is 14.5. The van der Waals surface area contributed by atoms with E-state index >= 15 is 0 Å². The fraction of sp³-hybridized carbons (Fsp3) is 0.636. The summed E-state index contributed by atoms with van der Waals surface area (Å²) >= 11 is 10.4. The SMILES string of the molecule is CCOP(=S)(OCC)Oc1cc(=S)nc(C(C)C)[nH]1. The molecule has 0 radical (unpaired) electrons. The molecule has 0 aromatic carbocycles. The molecule has 0 unspecified atom stereocenters. The molecule has 0 spiro atoms. The first-order valence-electron chi connectivity index (χ1n) is 6.10. The van der Waals surface area contributed by atoms with Crippen molar-refractivity contribution < 1.29 is 13.6 Å². The Bertz CT molecular complexity index is 509. The second-order valence-corrected chi connectivity index (χ2v) is 7.35. The predicted octanol–water partition coefficient (Wildman–Crippen LogP) is 3.94. The number of nitrogens with zero attached hydrogens (tertiary/aromatic N) is 1. The summed E-state index contributed by atoms with van der Waals surface area (Å²) < 4.78 is 17.0. The van der Waals surface area contributed by atoms with Crippen molar-refractivity contribution >= 4 is 30.7 Å². The molecule has 0 fully saturated rings. The summed E-state index contributed by atoms with van der Waals surface area (Å²) in [7, 11) is 0. The first-order valence-corrected chi connectivity index (χ1v) is 9.06. The Hall–Kier alpha value is -0.330. The van der Waals surface area contributed by atoms with Gasteiger partial charge in [-0.15, -0.1) is 0 Å². The van der Waals surface area contributed by atoms with Crippen LogP contribution in [0.1, 0.15) is 39.4 Å². The van der Waals surface area contributed by atoms with Crippen LogP contribution in [0.15, 0.2) is 6.07 Å². The second kappa shape index (κ2) is 7.45. The summed E-state index contributed by atoms with van der Waals surface area (Å²) in [5.41, 5.74) is 0. The summed E-state index contributed by atoms with van der Waals surface area (Å²) in [4.78, 5) is 7.29.